The van der Waals surface area contributed by atoms with Crippen LogP contribution in [-0.2, 0) is 0 Å². The SMILES string of the molecule is C=C1C=C(C(F)(F)F)c2cc(OCCC(C)C)cnc2N1C1CC(C)(O)C1. The number of ether oxygens (including phenoxy) is 1. The fourth-order valence-corrected chi connectivity index (χ4v) is 3.55. The molecule has 7 heteroatoms. The molecule has 1 saturated carbocycles. The number of alkyl halides is 3. The van der Waals surface area contributed by atoms with Crippen molar-refractivity contribution in [2.45, 2.75) is 57.9 Å². The van der Waals surface area contributed by atoms with Crippen LogP contribution in [0.3, 0.4) is 0 Å². The monoisotopic (exact) mass is 382 g/mol. The smallest absolute Gasteiger partial charge is 0.417 e. The first kappa shape index (κ1) is 19.7. The van der Waals surface area contributed by atoms with Gasteiger partial charge in [-0.3, -0.25) is 0 Å². The van der Waals surface area contributed by atoms with Crippen LogP contribution in [0.2, 0.25) is 0 Å². The largest absolute Gasteiger partial charge is 0.492 e. The minimum absolute atomic E-state index is 0.0107. The molecule has 0 radical (unpaired) electrons. The molecule has 1 aromatic heterocycles. The maximum atomic E-state index is 13.6. The lowest BCUT2D eigenvalue weighted by Gasteiger charge is -2.49. The number of halogens is 3. The van der Waals surface area contributed by atoms with Crippen molar-refractivity contribution < 1.29 is 23.0 Å². The van der Waals surface area contributed by atoms with Gasteiger partial charge >= 0.3 is 6.18 Å². The maximum absolute atomic E-state index is 13.6. The summed E-state index contributed by atoms with van der Waals surface area (Å²) in [5, 5.41) is 10.0. The average Bonchev–Trinajstić information content (AvgIpc) is 2.51. The van der Waals surface area contributed by atoms with Crippen molar-refractivity contribution in [3.05, 3.63) is 36.2 Å². The molecule has 0 amide bonds. The molecule has 0 unspecified atom stereocenters. The van der Waals surface area contributed by atoms with Gasteiger partial charge in [-0.1, -0.05) is 20.4 Å². The Morgan fingerprint density at radius 3 is 2.63 bits per heavy atom. The number of anilines is 1. The topological polar surface area (TPSA) is 45.6 Å². The summed E-state index contributed by atoms with van der Waals surface area (Å²) in [6.07, 6.45) is -0.305. The first-order chi connectivity index (χ1) is 12.5. The van der Waals surface area contributed by atoms with Crippen LogP contribution in [0.15, 0.2) is 30.6 Å². The second-order valence-corrected chi connectivity index (χ2v) is 8.05. The lowest BCUT2D eigenvalue weighted by molar-refractivity contribution is -0.0692. The summed E-state index contributed by atoms with van der Waals surface area (Å²) in [5.74, 6) is 0.968. The molecule has 0 atom stereocenters. The summed E-state index contributed by atoms with van der Waals surface area (Å²) in [6.45, 7) is 10.0. The fraction of sp³-hybridized carbons (Fsp3) is 0.550. The molecular formula is C20H25F3N2O2. The third kappa shape index (κ3) is 4.13. The Morgan fingerprint density at radius 1 is 1.41 bits per heavy atom. The Balaban J connectivity index is 1.94. The van der Waals surface area contributed by atoms with Gasteiger partial charge in [-0.2, -0.15) is 13.2 Å². The average molecular weight is 382 g/mol. The number of hydrogen-bond acceptors (Lipinski definition) is 4. The van der Waals surface area contributed by atoms with Crippen LogP contribution in [0, 0.1) is 5.92 Å². The maximum Gasteiger partial charge on any atom is 0.417 e. The van der Waals surface area contributed by atoms with E-state index in [1.807, 2.05) is 0 Å². The number of rotatable bonds is 5. The fourth-order valence-electron chi connectivity index (χ4n) is 3.55. The van der Waals surface area contributed by atoms with Crippen molar-refractivity contribution >= 4 is 11.4 Å². The lowest BCUT2D eigenvalue weighted by Crippen LogP contribution is -2.54. The normalized spacial score (nSPS) is 25.2. The van der Waals surface area contributed by atoms with E-state index >= 15 is 0 Å². The van der Waals surface area contributed by atoms with E-state index in [4.69, 9.17) is 4.74 Å². The van der Waals surface area contributed by atoms with Gasteiger partial charge < -0.3 is 14.7 Å². The van der Waals surface area contributed by atoms with Gasteiger partial charge in [0.25, 0.3) is 0 Å². The minimum Gasteiger partial charge on any atom is -0.492 e. The van der Waals surface area contributed by atoms with Gasteiger partial charge in [-0.05, 0) is 44.2 Å². The van der Waals surface area contributed by atoms with Gasteiger partial charge in [0.2, 0.25) is 0 Å². The highest BCUT2D eigenvalue weighted by atomic mass is 19.4. The van der Waals surface area contributed by atoms with E-state index < -0.39 is 17.4 Å². The molecular weight excluding hydrogens is 357 g/mol. The van der Waals surface area contributed by atoms with Crippen molar-refractivity contribution in [1.82, 2.24) is 4.98 Å². The predicted octanol–water partition coefficient (Wildman–Crippen LogP) is 4.70. The Kier molecular flexibility index (Phi) is 5.01. The summed E-state index contributed by atoms with van der Waals surface area (Å²) in [6, 6.07) is 1.27. The number of aliphatic hydroxyl groups is 1. The van der Waals surface area contributed by atoms with E-state index in [9.17, 15) is 18.3 Å². The second kappa shape index (κ2) is 6.86. The second-order valence-electron chi connectivity index (χ2n) is 8.05. The first-order valence-corrected chi connectivity index (χ1v) is 9.10. The molecule has 3 rings (SSSR count). The number of hydrogen-bond donors (Lipinski definition) is 1. The molecule has 1 N–H and O–H groups in total. The number of aromatic nitrogens is 1. The molecule has 2 heterocycles. The Hall–Kier alpha value is -2.02. The van der Waals surface area contributed by atoms with Gasteiger partial charge in [-0.15, -0.1) is 0 Å². The zero-order chi connectivity index (χ0) is 20.0. The minimum atomic E-state index is -4.52. The predicted molar refractivity (Wildman–Crippen MR) is 98.5 cm³/mol. The summed E-state index contributed by atoms with van der Waals surface area (Å²) in [5.41, 5.74) is -1.36. The number of nitrogens with zero attached hydrogens (tertiary/aromatic N) is 2. The molecule has 1 fully saturated rings. The van der Waals surface area contributed by atoms with Crippen LogP contribution >= 0.6 is 0 Å². The molecule has 4 nitrogen and oxygen atoms in total. The van der Waals surface area contributed by atoms with Crippen molar-refractivity contribution in [3.63, 3.8) is 0 Å². The highest BCUT2D eigenvalue weighted by Crippen LogP contribution is 2.47. The van der Waals surface area contributed by atoms with Crippen LogP contribution in [-0.4, -0.2) is 34.5 Å². The van der Waals surface area contributed by atoms with Crippen LogP contribution in [0.25, 0.3) is 5.57 Å². The van der Waals surface area contributed by atoms with Crippen LogP contribution in [0.5, 0.6) is 5.75 Å². The van der Waals surface area contributed by atoms with Crippen molar-refractivity contribution in [3.8, 4) is 5.75 Å². The molecule has 0 saturated heterocycles. The van der Waals surface area contributed by atoms with Crippen LogP contribution in [0.4, 0.5) is 19.0 Å². The highest BCUT2D eigenvalue weighted by Gasteiger charge is 2.46. The molecule has 1 aromatic rings. The van der Waals surface area contributed by atoms with Crippen molar-refractivity contribution in [2.24, 2.45) is 5.92 Å². The number of fused-ring (bicyclic) bond motifs is 1. The number of pyridine rings is 1. The summed E-state index contributed by atoms with van der Waals surface area (Å²) >= 11 is 0. The Labute approximate surface area is 157 Å². The quantitative estimate of drug-likeness (QED) is 0.802. The standard InChI is InChI=1S/C20H25F3N2O2/c1-12(2)5-6-27-15-8-16-17(20(21,22)23)7-13(3)25(18(16)24-11-15)14-9-19(4,26)10-14/h7-8,11-12,14,26H,3,5-6,9-10H2,1-2,4H3. The van der Waals surface area contributed by atoms with Crippen molar-refractivity contribution in [1.29, 1.82) is 0 Å². The van der Waals surface area contributed by atoms with Gasteiger partial charge in [0, 0.05) is 17.3 Å². The molecule has 0 bridgehead atoms. The lowest BCUT2D eigenvalue weighted by atomic mass is 9.75. The Morgan fingerprint density at radius 2 is 2.07 bits per heavy atom. The van der Waals surface area contributed by atoms with E-state index in [2.05, 4.69) is 25.4 Å². The van der Waals surface area contributed by atoms with Gasteiger partial charge in [0.05, 0.1) is 24.0 Å². The summed E-state index contributed by atoms with van der Waals surface area (Å²) < 4.78 is 46.4. The van der Waals surface area contributed by atoms with E-state index in [0.717, 1.165) is 12.5 Å². The van der Waals surface area contributed by atoms with Crippen LogP contribution < -0.4 is 9.64 Å². The summed E-state index contributed by atoms with van der Waals surface area (Å²) in [4.78, 5) is 5.98. The van der Waals surface area contributed by atoms with Crippen molar-refractivity contribution in [2.75, 3.05) is 11.5 Å². The van der Waals surface area contributed by atoms with Gasteiger partial charge in [0.15, 0.2) is 0 Å². The third-order valence-electron chi connectivity index (χ3n) is 4.97. The molecule has 148 valence electrons. The molecule has 2 aliphatic rings. The van der Waals surface area contributed by atoms with Gasteiger partial charge in [-0.25, -0.2) is 4.98 Å². The van der Waals surface area contributed by atoms with E-state index in [1.54, 1.807) is 11.8 Å². The van der Waals surface area contributed by atoms with E-state index in [0.29, 0.717) is 31.1 Å². The molecule has 1 aliphatic carbocycles. The van der Waals surface area contributed by atoms with Gasteiger partial charge in [0.1, 0.15) is 11.6 Å². The molecule has 1 aliphatic heterocycles. The molecule has 27 heavy (non-hydrogen) atoms. The van der Waals surface area contributed by atoms with E-state index in [1.165, 1.54) is 12.3 Å². The number of allylic oxidation sites excluding steroid dienone is 2. The third-order valence-corrected chi connectivity index (χ3v) is 4.97. The Bertz CT molecular complexity index is 761. The first-order valence-electron chi connectivity index (χ1n) is 9.10. The molecule has 0 spiro atoms. The van der Waals surface area contributed by atoms with E-state index in [-0.39, 0.29) is 23.1 Å². The zero-order valence-corrected chi connectivity index (χ0v) is 15.8. The highest BCUT2D eigenvalue weighted by molar-refractivity contribution is 5.85. The van der Waals surface area contributed by atoms with Crippen LogP contribution in [0.1, 0.15) is 45.6 Å². The molecule has 0 aromatic carbocycles. The summed E-state index contributed by atoms with van der Waals surface area (Å²) in [7, 11) is 0. The zero-order valence-electron chi connectivity index (χ0n) is 15.8.